The van der Waals surface area contributed by atoms with E-state index in [1.54, 1.807) is 7.11 Å². The topological polar surface area (TPSA) is 35.5 Å². The Kier molecular flexibility index (Phi) is 3.42. The first-order valence-corrected chi connectivity index (χ1v) is 5.89. The molecule has 0 N–H and O–H groups in total. The first kappa shape index (κ1) is 11.1. The van der Waals surface area contributed by atoms with E-state index in [1.807, 2.05) is 0 Å². The molecule has 2 fully saturated rings. The summed E-state index contributed by atoms with van der Waals surface area (Å²) in [6, 6.07) is 0. The third kappa shape index (κ3) is 1.95. The number of rotatable bonds is 3. The van der Waals surface area contributed by atoms with Crippen molar-refractivity contribution in [3.05, 3.63) is 0 Å². The molecule has 2 aliphatic rings. The van der Waals surface area contributed by atoms with Crippen LogP contribution in [-0.2, 0) is 14.3 Å². The highest BCUT2D eigenvalue weighted by Crippen LogP contribution is 2.44. The number of hydrogen-bond donors (Lipinski definition) is 0. The summed E-state index contributed by atoms with van der Waals surface area (Å²) in [5.41, 5.74) is -0.255. The van der Waals surface area contributed by atoms with Gasteiger partial charge < -0.3 is 14.3 Å². The van der Waals surface area contributed by atoms with E-state index in [0.717, 1.165) is 38.6 Å². The maximum atomic E-state index is 11.4. The summed E-state index contributed by atoms with van der Waals surface area (Å²) in [6.07, 6.45) is 6.76. The van der Waals surface area contributed by atoms with Gasteiger partial charge >= 0.3 is 0 Å². The summed E-state index contributed by atoms with van der Waals surface area (Å²) in [5.74, 6) is 0.375. The molecule has 3 heteroatoms. The summed E-state index contributed by atoms with van der Waals surface area (Å²) in [6.45, 7) is 1.40. The highest BCUT2D eigenvalue weighted by Gasteiger charge is 2.46. The largest absolute Gasteiger partial charge is 0.381 e. The second kappa shape index (κ2) is 4.62. The lowest BCUT2D eigenvalue weighted by Gasteiger charge is -2.39. The van der Waals surface area contributed by atoms with Crippen LogP contribution in [0.3, 0.4) is 0 Å². The van der Waals surface area contributed by atoms with E-state index < -0.39 is 0 Å². The molecule has 1 heterocycles. The lowest BCUT2D eigenvalue weighted by Crippen LogP contribution is -2.43. The fourth-order valence-electron chi connectivity index (χ4n) is 3.18. The van der Waals surface area contributed by atoms with Crippen LogP contribution in [0.1, 0.15) is 32.1 Å². The summed E-state index contributed by atoms with van der Waals surface area (Å²) < 4.78 is 11.0. The van der Waals surface area contributed by atoms with Crippen LogP contribution in [-0.4, -0.2) is 32.7 Å². The van der Waals surface area contributed by atoms with Gasteiger partial charge in [0.1, 0.15) is 6.29 Å². The molecule has 0 spiro atoms. The molecule has 1 aliphatic carbocycles. The average Bonchev–Trinajstić information content (AvgIpc) is 2.78. The van der Waals surface area contributed by atoms with E-state index in [-0.39, 0.29) is 11.5 Å². The summed E-state index contributed by atoms with van der Waals surface area (Å²) in [7, 11) is 1.76. The number of ether oxygens (including phenoxy) is 2. The fraction of sp³-hybridized carbons (Fsp3) is 0.917. The van der Waals surface area contributed by atoms with Gasteiger partial charge in [0.05, 0.1) is 18.1 Å². The highest BCUT2D eigenvalue weighted by atomic mass is 16.5. The van der Waals surface area contributed by atoms with Gasteiger partial charge in [-0.15, -0.1) is 0 Å². The minimum absolute atomic E-state index is 0.255. The number of aldehydes is 1. The summed E-state index contributed by atoms with van der Waals surface area (Å²) in [4.78, 5) is 11.4. The molecule has 3 atom stereocenters. The van der Waals surface area contributed by atoms with Crippen LogP contribution >= 0.6 is 0 Å². The van der Waals surface area contributed by atoms with Gasteiger partial charge in [-0.2, -0.15) is 0 Å². The zero-order valence-corrected chi connectivity index (χ0v) is 9.41. The number of hydrogen-bond acceptors (Lipinski definition) is 3. The van der Waals surface area contributed by atoms with Crippen molar-refractivity contribution in [3.63, 3.8) is 0 Å². The zero-order valence-electron chi connectivity index (χ0n) is 9.41. The summed E-state index contributed by atoms with van der Waals surface area (Å²) >= 11 is 0. The molecular formula is C12H20O3. The maximum Gasteiger partial charge on any atom is 0.128 e. The Labute approximate surface area is 91.1 Å². The third-order valence-corrected chi connectivity index (χ3v) is 4.03. The van der Waals surface area contributed by atoms with Crippen LogP contribution in [0.2, 0.25) is 0 Å². The minimum Gasteiger partial charge on any atom is -0.381 e. The Morgan fingerprint density at radius 3 is 2.87 bits per heavy atom. The number of carbonyl (C=O) groups excluding carboxylic acids is 1. The van der Waals surface area contributed by atoms with Gasteiger partial charge in [-0.25, -0.2) is 0 Å². The predicted molar refractivity (Wildman–Crippen MR) is 56.7 cm³/mol. The van der Waals surface area contributed by atoms with Crippen molar-refractivity contribution in [2.75, 3.05) is 20.3 Å². The van der Waals surface area contributed by atoms with E-state index >= 15 is 0 Å². The second-order valence-corrected chi connectivity index (χ2v) is 4.82. The van der Waals surface area contributed by atoms with E-state index in [9.17, 15) is 4.79 Å². The molecule has 86 valence electrons. The molecule has 1 aliphatic heterocycles. The predicted octanol–water partition coefficient (Wildman–Crippen LogP) is 1.80. The van der Waals surface area contributed by atoms with Gasteiger partial charge in [0.2, 0.25) is 0 Å². The third-order valence-electron chi connectivity index (χ3n) is 4.03. The molecule has 3 nitrogen and oxygen atoms in total. The van der Waals surface area contributed by atoms with Gasteiger partial charge in [-0.05, 0) is 31.6 Å². The molecule has 3 unspecified atom stereocenters. The highest BCUT2D eigenvalue weighted by molar-refractivity contribution is 5.60. The molecule has 1 saturated heterocycles. The maximum absolute atomic E-state index is 11.4. The monoisotopic (exact) mass is 212 g/mol. The second-order valence-electron chi connectivity index (χ2n) is 4.82. The first-order valence-electron chi connectivity index (χ1n) is 5.89. The SMILES string of the molecule is COC1CCCC1C1(C=O)CCCOC1. The van der Waals surface area contributed by atoms with Gasteiger partial charge in [-0.3, -0.25) is 0 Å². The molecule has 15 heavy (non-hydrogen) atoms. The van der Waals surface area contributed by atoms with Crippen molar-refractivity contribution >= 4 is 6.29 Å². The van der Waals surface area contributed by atoms with Crippen LogP contribution < -0.4 is 0 Å². The Bertz CT molecular complexity index is 221. The van der Waals surface area contributed by atoms with Crippen molar-refractivity contribution < 1.29 is 14.3 Å². The Balaban J connectivity index is 2.13. The van der Waals surface area contributed by atoms with E-state index in [0.29, 0.717) is 12.5 Å². The van der Waals surface area contributed by atoms with Gasteiger partial charge in [-0.1, -0.05) is 6.42 Å². The van der Waals surface area contributed by atoms with Gasteiger partial charge in [0.25, 0.3) is 0 Å². The van der Waals surface area contributed by atoms with E-state index in [1.165, 1.54) is 6.42 Å². The lowest BCUT2D eigenvalue weighted by molar-refractivity contribution is -0.134. The molecule has 0 aromatic rings. The Morgan fingerprint density at radius 2 is 2.27 bits per heavy atom. The molecule has 0 amide bonds. The molecule has 0 aromatic carbocycles. The quantitative estimate of drug-likeness (QED) is 0.669. The smallest absolute Gasteiger partial charge is 0.128 e. The van der Waals surface area contributed by atoms with Crippen molar-refractivity contribution in [3.8, 4) is 0 Å². The minimum atomic E-state index is -0.255. The van der Waals surface area contributed by atoms with E-state index in [2.05, 4.69) is 0 Å². The normalized spacial score (nSPS) is 41.7. The Morgan fingerprint density at radius 1 is 1.40 bits per heavy atom. The molecule has 1 saturated carbocycles. The Hall–Kier alpha value is -0.410. The lowest BCUT2D eigenvalue weighted by atomic mass is 9.71. The van der Waals surface area contributed by atoms with Crippen LogP contribution in [0, 0.1) is 11.3 Å². The van der Waals surface area contributed by atoms with Crippen molar-refractivity contribution in [2.45, 2.75) is 38.2 Å². The first-order chi connectivity index (χ1) is 7.32. The van der Waals surface area contributed by atoms with Crippen LogP contribution in [0.15, 0.2) is 0 Å². The van der Waals surface area contributed by atoms with Gasteiger partial charge in [0.15, 0.2) is 0 Å². The van der Waals surface area contributed by atoms with Crippen LogP contribution in [0.4, 0.5) is 0 Å². The summed E-state index contributed by atoms with van der Waals surface area (Å²) in [5, 5.41) is 0. The molecule has 2 rings (SSSR count). The zero-order chi connectivity index (χ0) is 10.7. The molecular weight excluding hydrogens is 192 g/mol. The number of methoxy groups -OCH3 is 1. The van der Waals surface area contributed by atoms with Gasteiger partial charge in [0, 0.05) is 13.7 Å². The molecule has 0 aromatic heterocycles. The average molecular weight is 212 g/mol. The standard InChI is InChI=1S/C12H20O3/c1-14-11-5-2-4-10(11)12(8-13)6-3-7-15-9-12/h8,10-11H,2-7,9H2,1H3. The van der Waals surface area contributed by atoms with Crippen LogP contribution in [0.25, 0.3) is 0 Å². The van der Waals surface area contributed by atoms with Crippen LogP contribution in [0.5, 0.6) is 0 Å². The molecule has 0 radical (unpaired) electrons. The fourth-order valence-corrected chi connectivity index (χ4v) is 3.18. The number of carbonyl (C=O) groups is 1. The van der Waals surface area contributed by atoms with Crippen molar-refractivity contribution in [1.82, 2.24) is 0 Å². The van der Waals surface area contributed by atoms with E-state index in [4.69, 9.17) is 9.47 Å². The molecule has 0 bridgehead atoms. The van der Waals surface area contributed by atoms with Crippen molar-refractivity contribution in [1.29, 1.82) is 0 Å². The van der Waals surface area contributed by atoms with Crippen molar-refractivity contribution in [2.24, 2.45) is 11.3 Å².